The zero-order valence-corrected chi connectivity index (χ0v) is 12.5. The molecule has 0 atom stereocenters. The third-order valence-corrected chi connectivity index (χ3v) is 3.12. The summed E-state index contributed by atoms with van der Waals surface area (Å²) >= 11 is 0. The molecule has 0 aliphatic rings. The van der Waals surface area contributed by atoms with Gasteiger partial charge in [-0.05, 0) is 24.6 Å². The first-order valence-electron chi connectivity index (χ1n) is 6.70. The van der Waals surface area contributed by atoms with Crippen LogP contribution in [0.4, 0.5) is 5.69 Å². The number of anilines is 1. The van der Waals surface area contributed by atoms with Gasteiger partial charge in [-0.25, -0.2) is 0 Å². The molecule has 0 aliphatic heterocycles. The van der Waals surface area contributed by atoms with Gasteiger partial charge in [-0.15, -0.1) is 0 Å². The molecule has 3 nitrogen and oxygen atoms in total. The number of aromatic nitrogens is 2. The van der Waals surface area contributed by atoms with Crippen molar-refractivity contribution >= 4 is 5.69 Å². The first-order chi connectivity index (χ1) is 8.86. The summed E-state index contributed by atoms with van der Waals surface area (Å²) in [5.74, 6) is 0. The van der Waals surface area contributed by atoms with Crippen molar-refractivity contribution in [1.29, 1.82) is 0 Å². The van der Waals surface area contributed by atoms with Crippen molar-refractivity contribution < 1.29 is 0 Å². The lowest BCUT2D eigenvalue weighted by molar-refractivity contribution is 0.549. The van der Waals surface area contributed by atoms with Crippen LogP contribution >= 0.6 is 0 Å². The van der Waals surface area contributed by atoms with Gasteiger partial charge in [0.15, 0.2) is 0 Å². The standard InChI is InChI=1S/C16H23N3/c1-12-7-6-8-14(9-12)17-10-13-11-19(5)18-15(13)16(2,3)4/h6-9,11,17H,10H2,1-5H3. The maximum absolute atomic E-state index is 4.59. The minimum Gasteiger partial charge on any atom is -0.381 e. The molecule has 2 aromatic rings. The highest BCUT2D eigenvalue weighted by Gasteiger charge is 2.21. The summed E-state index contributed by atoms with van der Waals surface area (Å²) in [6.45, 7) is 9.52. The van der Waals surface area contributed by atoms with E-state index in [4.69, 9.17) is 0 Å². The Kier molecular flexibility index (Phi) is 3.65. The SMILES string of the molecule is Cc1cccc(NCc2cn(C)nc2C(C)(C)C)c1. The predicted octanol–water partition coefficient (Wildman–Crippen LogP) is 3.64. The number of benzene rings is 1. The van der Waals surface area contributed by atoms with Crippen LogP contribution in [0, 0.1) is 6.92 Å². The molecule has 0 bridgehead atoms. The highest BCUT2D eigenvalue weighted by Crippen LogP contribution is 2.24. The van der Waals surface area contributed by atoms with Gasteiger partial charge in [-0.3, -0.25) is 4.68 Å². The van der Waals surface area contributed by atoms with Crippen LogP contribution in [0.15, 0.2) is 30.5 Å². The molecule has 0 amide bonds. The van der Waals surface area contributed by atoms with E-state index in [9.17, 15) is 0 Å². The lowest BCUT2D eigenvalue weighted by atomic mass is 9.89. The monoisotopic (exact) mass is 257 g/mol. The van der Waals surface area contributed by atoms with Gasteiger partial charge in [0.2, 0.25) is 0 Å². The van der Waals surface area contributed by atoms with E-state index in [1.54, 1.807) is 0 Å². The van der Waals surface area contributed by atoms with Crippen LogP contribution in [-0.2, 0) is 19.0 Å². The van der Waals surface area contributed by atoms with Gasteiger partial charge >= 0.3 is 0 Å². The second kappa shape index (κ2) is 5.08. The first-order valence-corrected chi connectivity index (χ1v) is 6.70. The molecule has 0 saturated carbocycles. The number of nitrogens with zero attached hydrogens (tertiary/aromatic N) is 2. The van der Waals surface area contributed by atoms with Crippen LogP contribution < -0.4 is 5.32 Å². The van der Waals surface area contributed by atoms with E-state index in [2.05, 4.69) is 68.6 Å². The Bertz CT molecular complexity index is 562. The van der Waals surface area contributed by atoms with Crippen LogP contribution in [-0.4, -0.2) is 9.78 Å². The van der Waals surface area contributed by atoms with Crippen molar-refractivity contribution in [3.05, 3.63) is 47.3 Å². The molecule has 3 heteroatoms. The fourth-order valence-electron chi connectivity index (χ4n) is 2.25. The van der Waals surface area contributed by atoms with E-state index in [0.29, 0.717) is 0 Å². The van der Waals surface area contributed by atoms with E-state index in [0.717, 1.165) is 17.9 Å². The third kappa shape index (κ3) is 3.37. The molecule has 0 spiro atoms. The Labute approximate surface area is 115 Å². The number of hydrogen-bond donors (Lipinski definition) is 1. The molecule has 2 rings (SSSR count). The minimum absolute atomic E-state index is 0.0743. The Morgan fingerprint density at radius 1 is 1.26 bits per heavy atom. The maximum Gasteiger partial charge on any atom is 0.0727 e. The third-order valence-electron chi connectivity index (χ3n) is 3.12. The fourth-order valence-corrected chi connectivity index (χ4v) is 2.25. The topological polar surface area (TPSA) is 29.9 Å². The van der Waals surface area contributed by atoms with Crippen molar-refractivity contribution in [1.82, 2.24) is 9.78 Å². The smallest absolute Gasteiger partial charge is 0.0727 e. The molecule has 0 radical (unpaired) electrons. The molecule has 1 aromatic carbocycles. The Morgan fingerprint density at radius 3 is 2.63 bits per heavy atom. The van der Waals surface area contributed by atoms with E-state index in [-0.39, 0.29) is 5.41 Å². The molecule has 0 aliphatic carbocycles. The fraction of sp³-hybridized carbons (Fsp3) is 0.438. The minimum atomic E-state index is 0.0743. The van der Waals surface area contributed by atoms with Gasteiger partial charge in [0.25, 0.3) is 0 Å². The molecule has 1 heterocycles. The molecule has 0 unspecified atom stereocenters. The lowest BCUT2D eigenvalue weighted by Crippen LogP contribution is -2.16. The molecular formula is C16H23N3. The number of nitrogens with one attached hydrogen (secondary N) is 1. The van der Waals surface area contributed by atoms with Crippen LogP contribution in [0.5, 0.6) is 0 Å². The Hall–Kier alpha value is -1.77. The molecule has 0 fully saturated rings. The van der Waals surface area contributed by atoms with Crippen LogP contribution in [0.3, 0.4) is 0 Å². The molecule has 1 aromatic heterocycles. The average molecular weight is 257 g/mol. The van der Waals surface area contributed by atoms with E-state index in [1.165, 1.54) is 11.1 Å². The molecular weight excluding hydrogens is 234 g/mol. The van der Waals surface area contributed by atoms with Crippen molar-refractivity contribution in [2.45, 2.75) is 39.7 Å². The van der Waals surface area contributed by atoms with Crippen molar-refractivity contribution in [2.75, 3.05) is 5.32 Å². The maximum atomic E-state index is 4.59. The summed E-state index contributed by atoms with van der Waals surface area (Å²) in [5.41, 5.74) is 4.92. The van der Waals surface area contributed by atoms with E-state index in [1.807, 2.05) is 11.7 Å². The lowest BCUT2D eigenvalue weighted by Gasteiger charge is -2.18. The summed E-state index contributed by atoms with van der Waals surface area (Å²) < 4.78 is 1.90. The highest BCUT2D eigenvalue weighted by molar-refractivity contribution is 5.46. The first kappa shape index (κ1) is 13.7. The van der Waals surface area contributed by atoms with Crippen LogP contribution in [0.25, 0.3) is 0 Å². The van der Waals surface area contributed by atoms with Crippen LogP contribution in [0.1, 0.15) is 37.6 Å². The van der Waals surface area contributed by atoms with E-state index >= 15 is 0 Å². The van der Waals surface area contributed by atoms with Gasteiger partial charge < -0.3 is 5.32 Å². The quantitative estimate of drug-likeness (QED) is 0.909. The average Bonchev–Trinajstić information content (AvgIpc) is 2.68. The molecule has 1 N–H and O–H groups in total. The number of aryl methyl sites for hydroxylation is 2. The second-order valence-corrected chi connectivity index (χ2v) is 6.15. The normalized spacial score (nSPS) is 11.6. The van der Waals surface area contributed by atoms with Crippen molar-refractivity contribution in [2.24, 2.45) is 7.05 Å². The van der Waals surface area contributed by atoms with Crippen molar-refractivity contribution in [3.8, 4) is 0 Å². The zero-order chi connectivity index (χ0) is 14.0. The summed E-state index contributed by atoms with van der Waals surface area (Å²) in [4.78, 5) is 0. The zero-order valence-electron chi connectivity index (χ0n) is 12.5. The second-order valence-electron chi connectivity index (χ2n) is 6.15. The van der Waals surface area contributed by atoms with Gasteiger partial charge in [0.1, 0.15) is 0 Å². The summed E-state index contributed by atoms with van der Waals surface area (Å²) in [6.07, 6.45) is 2.10. The van der Waals surface area contributed by atoms with Gasteiger partial charge in [0.05, 0.1) is 5.69 Å². The summed E-state index contributed by atoms with van der Waals surface area (Å²) in [7, 11) is 1.98. The predicted molar refractivity (Wildman–Crippen MR) is 80.4 cm³/mol. The number of hydrogen-bond acceptors (Lipinski definition) is 2. The Balaban J connectivity index is 2.16. The highest BCUT2D eigenvalue weighted by atomic mass is 15.3. The molecule has 0 saturated heterocycles. The molecule has 102 valence electrons. The summed E-state index contributed by atoms with van der Waals surface area (Å²) in [6, 6.07) is 8.44. The molecule has 19 heavy (non-hydrogen) atoms. The van der Waals surface area contributed by atoms with Gasteiger partial charge in [-0.2, -0.15) is 5.10 Å². The van der Waals surface area contributed by atoms with Gasteiger partial charge in [-0.1, -0.05) is 32.9 Å². The van der Waals surface area contributed by atoms with Gasteiger partial charge in [0, 0.05) is 36.5 Å². The summed E-state index contributed by atoms with van der Waals surface area (Å²) in [5, 5.41) is 8.06. The number of rotatable bonds is 3. The Morgan fingerprint density at radius 2 is 2.00 bits per heavy atom. The van der Waals surface area contributed by atoms with Crippen molar-refractivity contribution in [3.63, 3.8) is 0 Å². The van der Waals surface area contributed by atoms with Crippen LogP contribution in [0.2, 0.25) is 0 Å². The largest absolute Gasteiger partial charge is 0.381 e. The van der Waals surface area contributed by atoms with E-state index < -0.39 is 0 Å².